The molecular weight excluding hydrogens is 572 g/mol. The van der Waals surface area contributed by atoms with Gasteiger partial charge in [-0.3, -0.25) is 19.0 Å². The largest absolute Gasteiger partial charge is 0.497 e. The van der Waals surface area contributed by atoms with Gasteiger partial charge in [0.25, 0.3) is 0 Å². The number of benzene rings is 1. The Balaban J connectivity index is -0.000000218. The predicted molar refractivity (Wildman–Crippen MR) is 168 cm³/mol. The number of methoxy groups -OCH3 is 1. The molecule has 13 nitrogen and oxygen atoms in total. The van der Waals surface area contributed by atoms with Crippen LogP contribution in [-0.4, -0.2) is 86.1 Å². The van der Waals surface area contributed by atoms with Crippen molar-refractivity contribution in [3.05, 3.63) is 48.7 Å². The minimum atomic E-state index is -4.67. The van der Waals surface area contributed by atoms with Crippen LogP contribution in [0.25, 0.3) is 10.9 Å². The Labute approximate surface area is 250 Å². The van der Waals surface area contributed by atoms with E-state index in [1.165, 1.54) is 32.1 Å². The second-order valence-corrected chi connectivity index (χ2v) is 10.3. The summed E-state index contributed by atoms with van der Waals surface area (Å²) in [6, 6.07) is 7.96. The number of aliphatic hydroxyl groups is 1. The molecule has 0 radical (unpaired) electrons. The third-order valence-electron chi connectivity index (χ3n) is 6.82. The molecule has 0 saturated carbocycles. The Morgan fingerprint density at radius 1 is 1.02 bits per heavy atom. The van der Waals surface area contributed by atoms with Crippen molar-refractivity contribution in [2.24, 2.45) is 11.8 Å². The van der Waals surface area contributed by atoms with Crippen LogP contribution in [0, 0.1) is 11.8 Å². The zero-order valence-electron chi connectivity index (χ0n) is 25.5. The monoisotopic (exact) mass is 628 g/mol. The highest BCUT2D eigenvalue weighted by Crippen LogP contribution is 2.42. The van der Waals surface area contributed by atoms with E-state index in [9.17, 15) is 5.11 Å². The van der Waals surface area contributed by atoms with Crippen LogP contribution in [0.4, 0.5) is 0 Å². The number of rotatable bonds is 6. The molecule has 0 spiro atoms. The normalized spacial score (nSPS) is 20.1. The van der Waals surface area contributed by atoms with E-state index in [1.807, 2.05) is 24.3 Å². The fourth-order valence-corrected chi connectivity index (χ4v) is 4.44. The Morgan fingerprint density at radius 2 is 1.55 bits per heavy atom. The first kappa shape index (κ1) is 49.4. The number of fused-ring (bicyclic) bond motifs is 4. The summed E-state index contributed by atoms with van der Waals surface area (Å²) in [5.74, 6) is 2.01. The van der Waals surface area contributed by atoms with E-state index in [0.29, 0.717) is 11.8 Å². The topological polar surface area (TPSA) is 278 Å². The van der Waals surface area contributed by atoms with Gasteiger partial charge in [0.2, 0.25) is 0 Å². The molecule has 0 amide bonds. The summed E-state index contributed by atoms with van der Waals surface area (Å²) in [5.41, 5.74) is 1.85. The molecule has 3 aliphatic rings. The number of unbranched alkanes of at least 4 members (excludes halogenated alkanes) is 2. The molecule has 2 bridgehead atoms. The summed E-state index contributed by atoms with van der Waals surface area (Å²) in [6.07, 6.45) is 10.9. The molecule has 1 aromatic heterocycles. The van der Waals surface area contributed by atoms with Crippen LogP contribution < -0.4 is 4.74 Å². The first-order valence-corrected chi connectivity index (χ1v) is 14.6. The lowest BCUT2D eigenvalue weighted by atomic mass is 9.73. The summed E-state index contributed by atoms with van der Waals surface area (Å²) < 4.78 is 36.9. The maximum absolute atomic E-state index is 11.2. The number of aliphatic hydroxyl groups excluding tert-OH is 1. The number of hydrogen-bond donors (Lipinski definition) is 3. The molecule has 14 heteroatoms. The fourth-order valence-electron chi connectivity index (χ4n) is 4.44. The summed E-state index contributed by atoms with van der Waals surface area (Å²) >= 11 is 0. The molecule has 0 aliphatic carbocycles. The van der Waals surface area contributed by atoms with Crippen LogP contribution in [-0.2, 0) is 10.4 Å². The van der Waals surface area contributed by atoms with Crippen molar-refractivity contribution in [1.82, 2.24) is 9.88 Å². The number of nitrogens with zero attached hydrogens (tertiary/aromatic N) is 2. The summed E-state index contributed by atoms with van der Waals surface area (Å²) in [6.45, 7) is 14.8. The smallest absolute Gasteiger partial charge is 0.394 e. The van der Waals surface area contributed by atoms with Crippen LogP contribution in [0.5, 0.6) is 5.75 Å². The van der Waals surface area contributed by atoms with E-state index in [-0.39, 0.29) is 33.4 Å². The summed E-state index contributed by atoms with van der Waals surface area (Å²) in [4.78, 5) is 6.86. The number of pyridine rings is 1. The highest BCUT2D eigenvalue weighted by molar-refractivity contribution is 7.79. The molecule has 5 rings (SSSR count). The molecule has 3 aliphatic heterocycles. The molecule has 2 unspecified atom stereocenters. The molecule has 13 N–H and O–H groups in total. The van der Waals surface area contributed by atoms with Crippen molar-refractivity contribution in [1.29, 1.82) is 0 Å². The van der Waals surface area contributed by atoms with E-state index in [0.717, 1.165) is 41.7 Å². The van der Waals surface area contributed by atoms with Crippen LogP contribution in [0.2, 0.25) is 0 Å². The molecule has 250 valence electrons. The minimum Gasteiger partial charge on any atom is -0.497 e. The van der Waals surface area contributed by atoms with Gasteiger partial charge in [0.05, 0.1) is 18.7 Å². The Bertz CT molecular complexity index is 1040. The second-order valence-electron chi connectivity index (χ2n) is 9.42. The molecule has 1 aromatic carbocycles. The zero-order valence-corrected chi connectivity index (χ0v) is 26.3. The number of aromatic nitrogens is 1. The van der Waals surface area contributed by atoms with Crippen molar-refractivity contribution >= 4 is 21.3 Å². The lowest BCUT2D eigenvalue weighted by Gasteiger charge is -2.50. The van der Waals surface area contributed by atoms with E-state index < -0.39 is 16.5 Å². The highest BCUT2D eigenvalue weighted by atomic mass is 32.3. The van der Waals surface area contributed by atoms with E-state index >= 15 is 0 Å². The maximum Gasteiger partial charge on any atom is 0.394 e. The lowest BCUT2D eigenvalue weighted by Crippen LogP contribution is -2.54. The van der Waals surface area contributed by atoms with Gasteiger partial charge in [0, 0.05) is 24.2 Å². The zero-order chi connectivity index (χ0) is 28.0. The summed E-state index contributed by atoms with van der Waals surface area (Å²) in [5, 5.41) is 12.1. The molecule has 5 atom stereocenters. The minimum absolute atomic E-state index is 0. The fraction of sp³-hybridized carbons (Fsp3) is 0.607. The van der Waals surface area contributed by atoms with E-state index in [2.05, 4.69) is 50.2 Å². The van der Waals surface area contributed by atoms with Crippen LogP contribution in [0.3, 0.4) is 0 Å². The SMILES string of the molecule is C=C[C@H]1CN2CCC1C[C@H]2[C@H](O)c1ccnc2ccc(OC)cc12.CCCC.CCCC.O.O.O.O.O.O=S(=O)(O)O. The maximum atomic E-state index is 11.2. The third-order valence-corrected chi connectivity index (χ3v) is 6.82. The van der Waals surface area contributed by atoms with Crippen molar-refractivity contribution in [2.45, 2.75) is 78.4 Å². The van der Waals surface area contributed by atoms with Crippen molar-refractivity contribution in [3.63, 3.8) is 0 Å². The standard InChI is InChI=1S/C20H24N2O2.2C4H10.H2O4S.5H2O/c1-3-13-12-22-9-7-14(13)10-19(22)20(23)16-6-8-21-18-5-4-15(24-2)11-17(16)18;2*1-3-4-2;1-5(2,3)4;;;;;/h3-6,8,11,13-14,19-20,23H,1,7,9-10,12H2,2H3;2*3-4H2,1-2H3;(H2,1,2,3,4);5*1H2/t13-,14?,19-,20+;;;;;;;;/m0......../s1. The van der Waals surface area contributed by atoms with Gasteiger partial charge < -0.3 is 37.2 Å². The van der Waals surface area contributed by atoms with Gasteiger partial charge in [-0.1, -0.05) is 59.5 Å². The molecule has 2 aromatic rings. The van der Waals surface area contributed by atoms with E-state index in [4.69, 9.17) is 22.3 Å². The van der Waals surface area contributed by atoms with Crippen molar-refractivity contribution in [2.75, 3.05) is 20.2 Å². The van der Waals surface area contributed by atoms with Crippen molar-refractivity contribution < 1.29 is 54.7 Å². The van der Waals surface area contributed by atoms with Gasteiger partial charge in [0.15, 0.2) is 0 Å². The summed E-state index contributed by atoms with van der Waals surface area (Å²) in [7, 11) is -3.01. The van der Waals surface area contributed by atoms with E-state index in [1.54, 1.807) is 13.3 Å². The van der Waals surface area contributed by atoms with Crippen molar-refractivity contribution in [3.8, 4) is 5.75 Å². The Morgan fingerprint density at radius 3 is 1.95 bits per heavy atom. The molecule has 3 saturated heterocycles. The molecule has 42 heavy (non-hydrogen) atoms. The van der Waals surface area contributed by atoms with Gasteiger partial charge in [-0.2, -0.15) is 8.42 Å². The van der Waals surface area contributed by atoms with Gasteiger partial charge in [0.1, 0.15) is 5.75 Å². The highest BCUT2D eigenvalue weighted by Gasteiger charge is 2.42. The average Bonchev–Trinajstić information content (AvgIpc) is 2.91. The number of hydrogen-bond acceptors (Lipinski definition) is 6. The van der Waals surface area contributed by atoms with Crippen LogP contribution in [0.1, 0.15) is 77.9 Å². The first-order chi connectivity index (χ1) is 17.5. The first-order valence-electron chi connectivity index (χ1n) is 13.2. The second kappa shape index (κ2) is 25.3. The molecule has 3 fully saturated rings. The predicted octanol–water partition coefficient (Wildman–Crippen LogP) is 2.01. The lowest BCUT2D eigenvalue weighted by molar-refractivity contribution is -0.0444. The van der Waals surface area contributed by atoms with Gasteiger partial charge >= 0.3 is 10.4 Å². The quantitative estimate of drug-likeness (QED) is 0.313. The number of piperidine rings is 3. The number of ether oxygens (including phenoxy) is 1. The molecule has 4 heterocycles. The van der Waals surface area contributed by atoms with Crippen LogP contribution >= 0.6 is 0 Å². The van der Waals surface area contributed by atoms with Crippen LogP contribution in [0.15, 0.2) is 43.1 Å². The average molecular weight is 629 g/mol. The third kappa shape index (κ3) is 16.4. The van der Waals surface area contributed by atoms with Gasteiger partial charge in [-0.25, -0.2) is 0 Å². The van der Waals surface area contributed by atoms with Gasteiger partial charge in [-0.05, 0) is 61.1 Å². The molecular formula is C28H56N2O11S. The Hall–Kier alpha value is -2.24. The van der Waals surface area contributed by atoms with Gasteiger partial charge in [-0.15, -0.1) is 6.58 Å². The Kier molecular flexibility index (Phi) is 29.8.